The summed E-state index contributed by atoms with van der Waals surface area (Å²) in [6, 6.07) is 0.259. The van der Waals surface area contributed by atoms with Gasteiger partial charge >= 0.3 is 0 Å². The van der Waals surface area contributed by atoms with Gasteiger partial charge in [-0.05, 0) is 19.8 Å². The second-order valence-electron chi connectivity index (χ2n) is 3.05. The summed E-state index contributed by atoms with van der Waals surface area (Å²) in [5.41, 5.74) is 1.99. The molecule has 1 heterocycles. The van der Waals surface area contributed by atoms with Gasteiger partial charge in [0.15, 0.2) is 0 Å². The Kier molecular flexibility index (Phi) is 2.96. The van der Waals surface area contributed by atoms with Crippen molar-refractivity contribution < 1.29 is 4.74 Å². The predicted octanol–water partition coefficient (Wildman–Crippen LogP) is 1.66. The number of ether oxygens (including phenoxy) is 1. The van der Waals surface area contributed by atoms with Gasteiger partial charge < -0.3 is 4.74 Å². The van der Waals surface area contributed by atoms with Gasteiger partial charge in [-0.1, -0.05) is 6.92 Å². The maximum atomic E-state index is 5.86. The largest absolute Gasteiger partial charge is 0.481 e. The molecular weight excluding hydrogens is 149 g/mol. The Morgan fingerprint density at radius 2 is 2.33 bits per heavy atom. The van der Waals surface area contributed by atoms with E-state index in [-0.39, 0.29) is 6.04 Å². The Bertz CT molecular complexity index is 233. The molecule has 0 aliphatic carbocycles. The highest BCUT2D eigenvalue weighted by molar-refractivity contribution is 6.25. The summed E-state index contributed by atoms with van der Waals surface area (Å²) in [6.07, 6.45) is 1.75. The van der Waals surface area contributed by atoms with Crippen LogP contribution in [0.3, 0.4) is 0 Å². The van der Waals surface area contributed by atoms with Gasteiger partial charge in [0.05, 0.1) is 13.2 Å². The van der Waals surface area contributed by atoms with Crippen LogP contribution in [0.25, 0.3) is 0 Å². The second kappa shape index (κ2) is 3.79. The van der Waals surface area contributed by atoms with Crippen molar-refractivity contribution in [3.63, 3.8) is 0 Å². The third-order valence-electron chi connectivity index (χ3n) is 2.05. The molecule has 64 valence electrons. The zero-order valence-corrected chi connectivity index (χ0v) is 7.92. The molecular formula is C9H14BNO. The molecule has 0 fully saturated rings. The smallest absolute Gasteiger partial charge is 0.210 e. The van der Waals surface area contributed by atoms with E-state index >= 15 is 0 Å². The van der Waals surface area contributed by atoms with Crippen molar-refractivity contribution in [1.29, 1.82) is 0 Å². The van der Waals surface area contributed by atoms with Gasteiger partial charge in [-0.2, -0.15) is 0 Å². The first-order chi connectivity index (χ1) is 5.69. The van der Waals surface area contributed by atoms with E-state index < -0.39 is 0 Å². The van der Waals surface area contributed by atoms with Crippen LogP contribution in [-0.4, -0.2) is 26.9 Å². The average molecular weight is 163 g/mol. The maximum absolute atomic E-state index is 5.86. The molecule has 0 saturated carbocycles. The number of rotatable bonds is 1. The summed E-state index contributed by atoms with van der Waals surface area (Å²) in [5.74, 6) is 0.716. The van der Waals surface area contributed by atoms with Crippen molar-refractivity contribution in [2.45, 2.75) is 32.7 Å². The Labute approximate surface area is 75.1 Å². The lowest BCUT2D eigenvalue weighted by Crippen LogP contribution is -2.18. The number of nitrogens with zero attached hydrogens (tertiary/aromatic N) is 1. The molecule has 0 N–H and O–H groups in total. The Hall–Kier alpha value is -0.725. The van der Waals surface area contributed by atoms with Gasteiger partial charge in [0.1, 0.15) is 7.85 Å². The minimum atomic E-state index is 0.259. The molecule has 0 aromatic carbocycles. The van der Waals surface area contributed by atoms with Crippen LogP contribution in [0.5, 0.6) is 0 Å². The first-order valence-corrected chi connectivity index (χ1v) is 4.28. The van der Waals surface area contributed by atoms with Crippen LogP contribution in [-0.2, 0) is 4.74 Å². The van der Waals surface area contributed by atoms with Gasteiger partial charge in [0.25, 0.3) is 0 Å². The topological polar surface area (TPSA) is 21.6 Å². The molecule has 0 spiro atoms. The van der Waals surface area contributed by atoms with Crippen molar-refractivity contribution in [3.05, 3.63) is 11.0 Å². The van der Waals surface area contributed by atoms with E-state index in [4.69, 9.17) is 12.6 Å². The summed E-state index contributed by atoms with van der Waals surface area (Å²) in [4.78, 5) is 4.36. The van der Waals surface area contributed by atoms with Crippen LogP contribution in [0.2, 0.25) is 0 Å². The van der Waals surface area contributed by atoms with Gasteiger partial charge in [-0.15, -0.1) is 5.47 Å². The van der Waals surface area contributed by atoms with Crippen LogP contribution >= 0.6 is 0 Å². The zero-order chi connectivity index (χ0) is 9.14. The zero-order valence-electron chi connectivity index (χ0n) is 7.92. The molecule has 0 bridgehead atoms. The maximum Gasteiger partial charge on any atom is 0.210 e. The average Bonchev–Trinajstić information content (AvgIpc) is 2.03. The molecule has 1 aliphatic rings. The molecule has 0 aromatic heterocycles. The number of aliphatic imine (C=N–C) groups is 1. The standard InChI is InChI=1S/C9H14BNO/c1-4-7-8(10)5-6(2)11-9(7)12-3/h6H,4-5H2,1-3H3. The van der Waals surface area contributed by atoms with Crippen LogP contribution < -0.4 is 0 Å². The predicted molar refractivity (Wildman–Crippen MR) is 51.6 cm³/mol. The highest BCUT2D eigenvalue weighted by atomic mass is 16.5. The van der Waals surface area contributed by atoms with Crippen molar-refractivity contribution in [2.24, 2.45) is 4.99 Å². The van der Waals surface area contributed by atoms with Crippen molar-refractivity contribution in [1.82, 2.24) is 0 Å². The molecule has 2 radical (unpaired) electrons. The molecule has 1 unspecified atom stereocenters. The van der Waals surface area contributed by atoms with E-state index in [1.54, 1.807) is 7.11 Å². The fourth-order valence-corrected chi connectivity index (χ4v) is 1.46. The summed E-state index contributed by atoms with van der Waals surface area (Å²) < 4.78 is 5.15. The van der Waals surface area contributed by atoms with Gasteiger partial charge in [-0.3, -0.25) is 0 Å². The first-order valence-electron chi connectivity index (χ1n) is 4.28. The van der Waals surface area contributed by atoms with Crippen LogP contribution in [0.15, 0.2) is 16.0 Å². The molecule has 0 saturated heterocycles. The lowest BCUT2D eigenvalue weighted by Gasteiger charge is -2.21. The fraction of sp³-hybridized carbons (Fsp3) is 0.667. The van der Waals surface area contributed by atoms with Crippen LogP contribution in [0.4, 0.5) is 0 Å². The van der Waals surface area contributed by atoms with E-state index in [9.17, 15) is 0 Å². The highest BCUT2D eigenvalue weighted by Crippen LogP contribution is 2.20. The van der Waals surface area contributed by atoms with E-state index in [1.165, 1.54) is 0 Å². The summed E-state index contributed by atoms with van der Waals surface area (Å²) in [5, 5.41) is 0. The summed E-state index contributed by atoms with van der Waals surface area (Å²) >= 11 is 0. The van der Waals surface area contributed by atoms with Gasteiger partial charge in [-0.25, -0.2) is 4.99 Å². The third-order valence-corrected chi connectivity index (χ3v) is 2.05. The number of hydrogen-bond acceptors (Lipinski definition) is 2. The summed E-state index contributed by atoms with van der Waals surface area (Å²) in [6.45, 7) is 4.10. The lowest BCUT2D eigenvalue weighted by molar-refractivity contribution is 0.393. The van der Waals surface area contributed by atoms with Gasteiger partial charge in [0, 0.05) is 5.57 Å². The lowest BCUT2D eigenvalue weighted by atomic mass is 9.82. The van der Waals surface area contributed by atoms with Crippen molar-refractivity contribution in [2.75, 3.05) is 7.11 Å². The quantitative estimate of drug-likeness (QED) is 0.538. The van der Waals surface area contributed by atoms with E-state index in [0.29, 0.717) is 5.90 Å². The number of hydrogen-bond donors (Lipinski definition) is 0. The molecule has 2 nitrogen and oxygen atoms in total. The van der Waals surface area contributed by atoms with Gasteiger partial charge in [0.2, 0.25) is 5.90 Å². The SMILES string of the molecule is [B]C1=C(CC)C(OC)=NC(C)C1. The highest BCUT2D eigenvalue weighted by Gasteiger charge is 2.16. The summed E-state index contributed by atoms with van der Waals surface area (Å²) in [7, 11) is 7.50. The van der Waals surface area contributed by atoms with E-state index in [1.807, 2.05) is 6.92 Å². The molecule has 0 aromatic rings. The second-order valence-corrected chi connectivity index (χ2v) is 3.05. The normalized spacial score (nSPS) is 23.9. The Morgan fingerprint density at radius 1 is 1.67 bits per heavy atom. The fourth-order valence-electron chi connectivity index (χ4n) is 1.46. The minimum absolute atomic E-state index is 0.259. The molecule has 1 aliphatic heterocycles. The molecule has 12 heavy (non-hydrogen) atoms. The third kappa shape index (κ3) is 1.71. The van der Waals surface area contributed by atoms with Crippen molar-refractivity contribution >= 4 is 13.7 Å². The molecule has 0 amide bonds. The number of dihydropyridines is 1. The van der Waals surface area contributed by atoms with Crippen LogP contribution in [0, 0.1) is 0 Å². The monoisotopic (exact) mass is 163 g/mol. The minimum Gasteiger partial charge on any atom is -0.481 e. The Morgan fingerprint density at radius 3 is 2.83 bits per heavy atom. The van der Waals surface area contributed by atoms with Crippen LogP contribution in [0.1, 0.15) is 26.7 Å². The first kappa shape index (κ1) is 9.36. The van der Waals surface area contributed by atoms with E-state index in [0.717, 1.165) is 23.9 Å². The Balaban J connectivity index is 2.92. The number of methoxy groups -OCH3 is 1. The van der Waals surface area contributed by atoms with Crippen molar-refractivity contribution in [3.8, 4) is 0 Å². The molecule has 1 rings (SSSR count). The molecule has 1 atom stereocenters. The van der Waals surface area contributed by atoms with E-state index in [2.05, 4.69) is 11.9 Å². The molecule has 3 heteroatoms.